The topological polar surface area (TPSA) is 114 Å². The molecule has 2 amide bonds. The summed E-state index contributed by atoms with van der Waals surface area (Å²) in [7, 11) is -2.29. The number of fused-ring (bicyclic) bond motifs is 1. The molecule has 1 atom stereocenters. The molecule has 0 aromatic heterocycles. The molecule has 11 heteroatoms. The van der Waals surface area contributed by atoms with Crippen LogP contribution < -0.4 is 23.8 Å². The van der Waals surface area contributed by atoms with Crippen LogP contribution in [0.1, 0.15) is 32.3 Å². The lowest BCUT2D eigenvalue weighted by atomic mass is 10.1. The number of nitrogens with one attached hydrogen (secondary N) is 1. The molecule has 0 aliphatic carbocycles. The summed E-state index contributed by atoms with van der Waals surface area (Å²) in [6.45, 7) is 4.63. The second kappa shape index (κ2) is 12.7. The Labute approximate surface area is 218 Å². The van der Waals surface area contributed by atoms with E-state index in [4.69, 9.17) is 14.2 Å². The van der Waals surface area contributed by atoms with Crippen LogP contribution in [0.25, 0.3) is 0 Å². The van der Waals surface area contributed by atoms with Crippen LogP contribution in [0, 0.1) is 0 Å². The van der Waals surface area contributed by atoms with E-state index in [0.717, 1.165) is 22.5 Å². The van der Waals surface area contributed by atoms with Crippen molar-refractivity contribution in [2.45, 2.75) is 39.3 Å². The van der Waals surface area contributed by atoms with Crippen LogP contribution in [0.5, 0.6) is 17.2 Å². The Hall–Kier alpha value is -3.47. The molecular formula is C26H35N3O7S. The molecule has 1 N–H and O–H groups in total. The Morgan fingerprint density at radius 2 is 1.73 bits per heavy atom. The van der Waals surface area contributed by atoms with Gasteiger partial charge in [-0.1, -0.05) is 26.0 Å². The predicted molar refractivity (Wildman–Crippen MR) is 141 cm³/mol. The van der Waals surface area contributed by atoms with Crippen molar-refractivity contribution in [2.24, 2.45) is 0 Å². The molecule has 1 heterocycles. The van der Waals surface area contributed by atoms with Crippen LogP contribution in [0.15, 0.2) is 42.5 Å². The SMILES string of the molecule is CCCNC(=O)C(CC)N(Cc1ccc(OC)cc1)C(=O)CN(c1ccc2c(c1)OCCO2)S(C)(=O)=O. The molecule has 0 fully saturated rings. The van der Waals surface area contributed by atoms with E-state index < -0.39 is 28.5 Å². The van der Waals surface area contributed by atoms with Crippen LogP contribution in [-0.2, 0) is 26.2 Å². The highest BCUT2D eigenvalue weighted by Crippen LogP contribution is 2.34. The molecule has 202 valence electrons. The second-order valence-electron chi connectivity index (χ2n) is 8.68. The zero-order valence-electron chi connectivity index (χ0n) is 21.7. The summed E-state index contributed by atoms with van der Waals surface area (Å²) in [4.78, 5) is 28.2. The number of anilines is 1. The monoisotopic (exact) mass is 533 g/mol. The summed E-state index contributed by atoms with van der Waals surface area (Å²) in [5.41, 5.74) is 1.05. The summed E-state index contributed by atoms with van der Waals surface area (Å²) in [5.74, 6) is 0.794. The van der Waals surface area contributed by atoms with E-state index in [9.17, 15) is 18.0 Å². The molecule has 2 aromatic rings. The van der Waals surface area contributed by atoms with Gasteiger partial charge in [0.15, 0.2) is 11.5 Å². The molecule has 1 unspecified atom stereocenters. The molecular weight excluding hydrogens is 498 g/mol. The lowest BCUT2D eigenvalue weighted by molar-refractivity contribution is -0.140. The van der Waals surface area contributed by atoms with Crippen molar-refractivity contribution in [3.63, 3.8) is 0 Å². The van der Waals surface area contributed by atoms with E-state index >= 15 is 0 Å². The van der Waals surface area contributed by atoms with Gasteiger partial charge in [0, 0.05) is 19.2 Å². The Kier molecular flexibility index (Phi) is 9.62. The molecule has 1 aliphatic heterocycles. The van der Waals surface area contributed by atoms with E-state index in [1.165, 1.54) is 4.90 Å². The van der Waals surface area contributed by atoms with Crippen molar-refractivity contribution in [3.8, 4) is 17.2 Å². The number of hydrogen-bond donors (Lipinski definition) is 1. The maximum absolute atomic E-state index is 13.7. The van der Waals surface area contributed by atoms with Gasteiger partial charge in [0.1, 0.15) is 31.5 Å². The smallest absolute Gasteiger partial charge is 0.244 e. The number of rotatable bonds is 12. The van der Waals surface area contributed by atoms with Gasteiger partial charge in [-0.05, 0) is 42.7 Å². The minimum absolute atomic E-state index is 0.125. The second-order valence-corrected chi connectivity index (χ2v) is 10.6. The first-order valence-corrected chi connectivity index (χ1v) is 14.1. The highest BCUT2D eigenvalue weighted by atomic mass is 32.2. The minimum Gasteiger partial charge on any atom is -0.497 e. The van der Waals surface area contributed by atoms with Crippen molar-refractivity contribution in [2.75, 3.05) is 44.0 Å². The van der Waals surface area contributed by atoms with E-state index in [1.54, 1.807) is 37.4 Å². The van der Waals surface area contributed by atoms with Crippen LogP contribution in [0.3, 0.4) is 0 Å². The molecule has 10 nitrogen and oxygen atoms in total. The Balaban J connectivity index is 1.93. The fourth-order valence-electron chi connectivity index (χ4n) is 4.01. The lowest BCUT2D eigenvalue weighted by Crippen LogP contribution is -2.52. The molecule has 2 aromatic carbocycles. The largest absolute Gasteiger partial charge is 0.497 e. The van der Waals surface area contributed by atoms with Gasteiger partial charge in [-0.25, -0.2) is 8.42 Å². The molecule has 0 spiro atoms. The predicted octanol–water partition coefficient (Wildman–Crippen LogP) is 2.57. The van der Waals surface area contributed by atoms with E-state index in [1.807, 2.05) is 26.0 Å². The van der Waals surface area contributed by atoms with Crippen molar-refractivity contribution >= 4 is 27.5 Å². The molecule has 0 radical (unpaired) electrons. The molecule has 37 heavy (non-hydrogen) atoms. The fourth-order valence-corrected chi connectivity index (χ4v) is 4.86. The lowest BCUT2D eigenvalue weighted by Gasteiger charge is -2.33. The number of methoxy groups -OCH3 is 1. The molecule has 3 rings (SSSR count). The molecule has 0 bridgehead atoms. The van der Waals surface area contributed by atoms with Gasteiger partial charge in [0.25, 0.3) is 0 Å². The van der Waals surface area contributed by atoms with Gasteiger partial charge in [0.05, 0.1) is 19.1 Å². The molecule has 1 aliphatic rings. The van der Waals surface area contributed by atoms with Crippen LogP contribution in [-0.4, -0.2) is 70.8 Å². The average Bonchev–Trinajstić information content (AvgIpc) is 2.89. The van der Waals surface area contributed by atoms with Crippen molar-refractivity contribution in [1.29, 1.82) is 0 Å². The summed E-state index contributed by atoms with van der Waals surface area (Å²) in [5, 5.41) is 2.86. The summed E-state index contributed by atoms with van der Waals surface area (Å²) >= 11 is 0. The molecule has 0 saturated heterocycles. The van der Waals surface area contributed by atoms with Gasteiger partial charge in [-0.15, -0.1) is 0 Å². The fraction of sp³-hybridized carbons (Fsp3) is 0.462. The first-order chi connectivity index (χ1) is 17.7. The van der Waals surface area contributed by atoms with E-state index in [0.29, 0.717) is 43.4 Å². The number of benzene rings is 2. The zero-order valence-corrected chi connectivity index (χ0v) is 22.5. The third kappa shape index (κ3) is 7.28. The maximum atomic E-state index is 13.7. The standard InChI is InChI=1S/C26H35N3O7S/c1-5-13-27-26(31)22(6-2)28(17-19-7-10-21(34-3)11-8-19)25(30)18-29(37(4,32)33)20-9-12-23-24(16-20)36-15-14-35-23/h7-12,16,22H,5-6,13-15,17-18H2,1-4H3,(H,27,31). The van der Waals surface area contributed by atoms with Gasteiger partial charge in [-0.3, -0.25) is 13.9 Å². The Morgan fingerprint density at radius 1 is 1.05 bits per heavy atom. The first kappa shape index (κ1) is 28.1. The van der Waals surface area contributed by atoms with Crippen LogP contribution in [0.2, 0.25) is 0 Å². The Morgan fingerprint density at radius 3 is 2.32 bits per heavy atom. The minimum atomic E-state index is -3.85. The van der Waals surface area contributed by atoms with Crippen molar-refractivity contribution < 1.29 is 32.2 Å². The van der Waals surface area contributed by atoms with Gasteiger partial charge < -0.3 is 24.4 Å². The third-order valence-corrected chi connectivity index (χ3v) is 7.08. The number of carbonyl (C=O) groups is 2. The number of carbonyl (C=O) groups excluding carboxylic acids is 2. The average molecular weight is 534 g/mol. The van der Waals surface area contributed by atoms with E-state index in [-0.39, 0.29) is 18.1 Å². The zero-order chi connectivity index (χ0) is 27.0. The van der Waals surface area contributed by atoms with Crippen molar-refractivity contribution in [3.05, 3.63) is 48.0 Å². The maximum Gasteiger partial charge on any atom is 0.244 e. The van der Waals surface area contributed by atoms with Crippen LogP contribution in [0.4, 0.5) is 5.69 Å². The highest BCUT2D eigenvalue weighted by molar-refractivity contribution is 7.92. The first-order valence-electron chi connectivity index (χ1n) is 12.2. The van der Waals surface area contributed by atoms with Crippen LogP contribution >= 0.6 is 0 Å². The van der Waals surface area contributed by atoms with Crippen molar-refractivity contribution in [1.82, 2.24) is 10.2 Å². The van der Waals surface area contributed by atoms with Gasteiger partial charge in [0.2, 0.25) is 21.8 Å². The quantitative estimate of drug-likeness (QED) is 0.446. The summed E-state index contributed by atoms with van der Waals surface area (Å²) in [6.07, 6.45) is 2.15. The number of nitrogens with zero attached hydrogens (tertiary/aromatic N) is 2. The number of ether oxygens (including phenoxy) is 3. The summed E-state index contributed by atoms with van der Waals surface area (Å²) in [6, 6.07) is 11.1. The molecule has 0 saturated carbocycles. The third-order valence-electron chi connectivity index (χ3n) is 5.94. The normalized spacial score (nSPS) is 13.4. The summed E-state index contributed by atoms with van der Waals surface area (Å²) < 4.78 is 42.9. The van der Waals surface area contributed by atoms with E-state index in [2.05, 4.69) is 5.32 Å². The van der Waals surface area contributed by atoms with Gasteiger partial charge in [-0.2, -0.15) is 0 Å². The Bertz CT molecular complexity index is 1190. The number of hydrogen-bond acceptors (Lipinski definition) is 7. The van der Waals surface area contributed by atoms with Gasteiger partial charge >= 0.3 is 0 Å². The number of amides is 2. The highest BCUT2D eigenvalue weighted by Gasteiger charge is 2.32. The number of sulfonamides is 1.